The Balaban J connectivity index is 1.83. The van der Waals surface area contributed by atoms with E-state index in [1.54, 1.807) is 20.8 Å². The number of amides is 1. The van der Waals surface area contributed by atoms with E-state index in [4.69, 9.17) is 4.74 Å². The predicted molar refractivity (Wildman–Crippen MR) is 69.7 cm³/mol. The van der Waals surface area contributed by atoms with E-state index in [2.05, 4.69) is 5.32 Å². The third kappa shape index (κ3) is 3.61. The van der Waals surface area contributed by atoms with Crippen molar-refractivity contribution < 1.29 is 19.4 Å². The van der Waals surface area contributed by atoms with Crippen molar-refractivity contribution in [1.82, 2.24) is 5.32 Å². The Labute approximate surface area is 113 Å². The molecule has 0 radical (unpaired) electrons. The average Bonchev–Trinajstić information content (AvgIpc) is 2.70. The van der Waals surface area contributed by atoms with Gasteiger partial charge in [-0.3, -0.25) is 0 Å². The second-order valence-corrected chi connectivity index (χ2v) is 6.70. The van der Waals surface area contributed by atoms with Crippen molar-refractivity contribution in [2.75, 3.05) is 0 Å². The van der Waals surface area contributed by atoms with E-state index in [-0.39, 0.29) is 0 Å². The lowest BCUT2D eigenvalue weighted by molar-refractivity contribution is -0.139. The number of ether oxygens (including phenoxy) is 1. The average molecular weight is 269 g/mol. The molecule has 5 nitrogen and oxygen atoms in total. The molecule has 2 N–H and O–H groups in total. The third-order valence-corrected chi connectivity index (χ3v) is 4.08. The molecule has 0 heterocycles. The fraction of sp³-hybridized carbons (Fsp3) is 0.857. The number of carbonyl (C=O) groups is 2. The SMILES string of the molecule is CC(C)(C)OC(=O)N[C@@H](CC1C2CCC[C@@H]21)C(=O)O. The predicted octanol–water partition coefficient (Wildman–Crippen LogP) is 2.40. The Morgan fingerprint density at radius 3 is 2.37 bits per heavy atom. The highest BCUT2D eigenvalue weighted by Gasteiger charge is 2.53. The van der Waals surface area contributed by atoms with Gasteiger partial charge in [-0.15, -0.1) is 0 Å². The molecule has 2 aliphatic rings. The van der Waals surface area contributed by atoms with Gasteiger partial charge in [0, 0.05) is 0 Å². The number of carboxylic acids is 1. The van der Waals surface area contributed by atoms with Crippen molar-refractivity contribution in [3.8, 4) is 0 Å². The second kappa shape index (κ2) is 5.02. The molecule has 2 saturated carbocycles. The Morgan fingerprint density at radius 2 is 1.89 bits per heavy atom. The zero-order valence-corrected chi connectivity index (χ0v) is 11.8. The summed E-state index contributed by atoms with van der Waals surface area (Å²) in [6, 6.07) is -0.828. The lowest BCUT2D eigenvalue weighted by Crippen LogP contribution is -2.43. The maximum absolute atomic E-state index is 11.6. The Hall–Kier alpha value is -1.26. The lowest BCUT2D eigenvalue weighted by Gasteiger charge is -2.22. The number of alkyl carbamates (subject to hydrolysis) is 1. The van der Waals surface area contributed by atoms with Crippen molar-refractivity contribution in [2.45, 2.75) is 58.1 Å². The molecule has 0 aliphatic heterocycles. The van der Waals surface area contributed by atoms with Crippen molar-refractivity contribution in [1.29, 1.82) is 0 Å². The van der Waals surface area contributed by atoms with Crippen molar-refractivity contribution in [3.05, 3.63) is 0 Å². The van der Waals surface area contributed by atoms with Crippen LogP contribution < -0.4 is 5.32 Å². The van der Waals surface area contributed by atoms with Crippen LogP contribution in [0.5, 0.6) is 0 Å². The highest BCUT2D eigenvalue weighted by atomic mass is 16.6. The molecule has 0 aromatic rings. The van der Waals surface area contributed by atoms with Crippen LogP contribution in [0.4, 0.5) is 4.79 Å². The summed E-state index contributed by atoms with van der Waals surface area (Å²) in [5, 5.41) is 11.7. The molecule has 0 aromatic heterocycles. The molecule has 4 atom stereocenters. The van der Waals surface area contributed by atoms with Gasteiger partial charge < -0.3 is 15.2 Å². The first-order chi connectivity index (χ1) is 8.78. The molecule has 2 aliphatic carbocycles. The molecule has 1 amide bonds. The van der Waals surface area contributed by atoms with Crippen LogP contribution in [0, 0.1) is 17.8 Å². The zero-order chi connectivity index (χ0) is 14.2. The first-order valence-electron chi connectivity index (χ1n) is 7.00. The summed E-state index contributed by atoms with van der Waals surface area (Å²) in [6.07, 6.45) is 3.58. The standard InChI is InChI=1S/C14H23NO4/c1-14(2,3)19-13(18)15-11(12(16)17)7-10-8-5-4-6-9(8)10/h8-11H,4-7H2,1-3H3,(H,15,18)(H,16,17)/t8-,9?,10?,11-/m0/s1. The van der Waals surface area contributed by atoms with Crippen LogP contribution in [0.25, 0.3) is 0 Å². The quantitative estimate of drug-likeness (QED) is 0.821. The summed E-state index contributed by atoms with van der Waals surface area (Å²) in [5.74, 6) is 0.894. The van der Waals surface area contributed by atoms with E-state index in [0.29, 0.717) is 24.2 Å². The highest BCUT2D eigenvalue weighted by Crippen LogP contribution is 2.59. The summed E-state index contributed by atoms with van der Waals surface area (Å²) in [7, 11) is 0. The van der Waals surface area contributed by atoms with Gasteiger partial charge in [0.2, 0.25) is 0 Å². The second-order valence-electron chi connectivity index (χ2n) is 6.70. The molecular formula is C14H23NO4. The van der Waals surface area contributed by atoms with E-state index in [0.717, 1.165) is 0 Å². The van der Waals surface area contributed by atoms with E-state index in [1.165, 1.54) is 19.3 Å². The van der Waals surface area contributed by atoms with Crippen LogP contribution >= 0.6 is 0 Å². The van der Waals surface area contributed by atoms with E-state index >= 15 is 0 Å². The minimum Gasteiger partial charge on any atom is -0.480 e. The van der Waals surface area contributed by atoms with Crippen LogP contribution in [0.1, 0.15) is 46.5 Å². The number of hydrogen-bond acceptors (Lipinski definition) is 3. The normalized spacial score (nSPS) is 30.4. The molecule has 2 unspecified atom stereocenters. The first-order valence-corrected chi connectivity index (χ1v) is 7.00. The lowest BCUT2D eigenvalue weighted by atomic mass is 10.0. The third-order valence-electron chi connectivity index (χ3n) is 4.08. The van der Waals surface area contributed by atoms with E-state index < -0.39 is 23.7 Å². The maximum atomic E-state index is 11.6. The number of carboxylic acid groups (broad SMARTS) is 1. The summed E-state index contributed by atoms with van der Waals surface area (Å²) in [5.41, 5.74) is -0.608. The van der Waals surface area contributed by atoms with Gasteiger partial charge in [-0.05, 0) is 57.8 Å². The summed E-state index contributed by atoms with van der Waals surface area (Å²) < 4.78 is 5.10. The fourth-order valence-electron chi connectivity index (χ4n) is 3.26. The maximum Gasteiger partial charge on any atom is 0.408 e. The van der Waals surface area contributed by atoms with Gasteiger partial charge in [0.15, 0.2) is 0 Å². The monoisotopic (exact) mass is 269 g/mol. The zero-order valence-electron chi connectivity index (χ0n) is 11.8. The van der Waals surface area contributed by atoms with Gasteiger partial charge in [-0.2, -0.15) is 0 Å². The molecule has 19 heavy (non-hydrogen) atoms. The van der Waals surface area contributed by atoms with Gasteiger partial charge in [0.25, 0.3) is 0 Å². The highest BCUT2D eigenvalue weighted by molar-refractivity contribution is 5.80. The smallest absolute Gasteiger partial charge is 0.408 e. The largest absolute Gasteiger partial charge is 0.480 e. The minimum absolute atomic E-state index is 0.477. The number of aliphatic carboxylic acids is 1. The first kappa shape index (κ1) is 14.2. The summed E-state index contributed by atoms with van der Waals surface area (Å²) in [4.78, 5) is 22.8. The molecule has 2 fully saturated rings. The Bertz CT molecular complexity index is 364. The molecule has 2 rings (SSSR count). The molecule has 0 saturated heterocycles. The van der Waals surface area contributed by atoms with Crippen LogP contribution in [-0.2, 0) is 9.53 Å². The summed E-state index contributed by atoms with van der Waals surface area (Å²) in [6.45, 7) is 5.27. The van der Waals surface area contributed by atoms with Crippen LogP contribution in [0.2, 0.25) is 0 Å². The van der Waals surface area contributed by atoms with Crippen molar-refractivity contribution >= 4 is 12.1 Å². The molecule has 0 bridgehead atoms. The van der Waals surface area contributed by atoms with Crippen molar-refractivity contribution in [3.63, 3.8) is 0 Å². The van der Waals surface area contributed by atoms with E-state index in [9.17, 15) is 14.7 Å². The summed E-state index contributed by atoms with van der Waals surface area (Å²) >= 11 is 0. The molecule has 0 aromatic carbocycles. The number of fused-ring (bicyclic) bond motifs is 1. The van der Waals surface area contributed by atoms with Gasteiger partial charge in [0.1, 0.15) is 11.6 Å². The Morgan fingerprint density at radius 1 is 1.32 bits per heavy atom. The number of rotatable bonds is 4. The minimum atomic E-state index is -0.976. The van der Waals surface area contributed by atoms with Gasteiger partial charge in [0.05, 0.1) is 0 Å². The van der Waals surface area contributed by atoms with E-state index in [1.807, 2.05) is 0 Å². The number of nitrogens with one attached hydrogen (secondary N) is 1. The molecule has 108 valence electrons. The topological polar surface area (TPSA) is 75.6 Å². The van der Waals surface area contributed by atoms with Crippen LogP contribution in [-0.4, -0.2) is 28.8 Å². The van der Waals surface area contributed by atoms with Gasteiger partial charge >= 0.3 is 12.1 Å². The van der Waals surface area contributed by atoms with Gasteiger partial charge in [-0.25, -0.2) is 9.59 Å². The van der Waals surface area contributed by atoms with Crippen molar-refractivity contribution in [2.24, 2.45) is 17.8 Å². The molecular weight excluding hydrogens is 246 g/mol. The van der Waals surface area contributed by atoms with Crippen LogP contribution in [0.3, 0.4) is 0 Å². The number of hydrogen-bond donors (Lipinski definition) is 2. The fourth-order valence-corrected chi connectivity index (χ4v) is 3.26. The molecule has 5 heteroatoms. The van der Waals surface area contributed by atoms with Gasteiger partial charge in [-0.1, -0.05) is 6.42 Å². The number of carbonyl (C=O) groups excluding carboxylic acids is 1. The molecule has 0 spiro atoms. The Kier molecular flexibility index (Phi) is 3.74. The van der Waals surface area contributed by atoms with Crippen LogP contribution in [0.15, 0.2) is 0 Å².